The molecule has 3 N–H and O–H groups in total. The van der Waals surface area contributed by atoms with Gasteiger partial charge >= 0.3 is 0 Å². The number of aliphatic hydroxyl groups is 1. The standard InChI is InChI=1S/C12H24N2O2/c1-12(2,13-3)11(16)14-9-7-5-4-6-8-10(9)15/h9-10,13,15H,4-8H2,1-3H3,(H,14,16). The quantitative estimate of drug-likeness (QED) is 0.626. The second-order valence-corrected chi connectivity index (χ2v) is 5.16. The number of carbonyl (C=O) groups is 1. The summed E-state index contributed by atoms with van der Waals surface area (Å²) in [4.78, 5) is 11.9. The van der Waals surface area contributed by atoms with Gasteiger partial charge in [0.25, 0.3) is 0 Å². The lowest BCUT2D eigenvalue weighted by molar-refractivity contribution is -0.127. The fraction of sp³-hybridized carbons (Fsp3) is 0.917. The molecule has 2 atom stereocenters. The van der Waals surface area contributed by atoms with Gasteiger partial charge < -0.3 is 15.7 Å². The molecule has 0 spiro atoms. The van der Waals surface area contributed by atoms with E-state index >= 15 is 0 Å². The fourth-order valence-corrected chi connectivity index (χ4v) is 1.92. The topological polar surface area (TPSA) is 61.4 Å². The molecule has 1 fully saturated rings. The van der Waals surface area contributed by atoms with Crippen molar-refractivity contribution in [2.45, 2.75) is 63.6 Å². The Labute approximate surface area is 97.8 Å². The molecule has 0 aromatic heterocycles. The van der Waals surface area contributed by atoms with E-state index in [9.17, 15) is 9.90 Å². The van der Waals surface area contributed by atoms with Crippen molar-refractivity contribution in [1.82, 2.24) is 10.6 Å². The van der Waals surface area contributed by atoms with Gasteiger partial charge in [0, 0.05) is 0 Å². The maximum absolute atomic E-state index is 11.9. The molecule has 0 radical (unpaired) electrons. The van der Waals surface area contributed by atoms with Gasteiger partial charge in [0.05, 0.1) is 17.7 Å². The Morgan fingerprint density at radius 3 is 2.50 bits per heavy atom. The molecular weight excluding hydrogens is 204 g/mol. The Hall–Kier alpha value is -0.610. The zero-order chi connectivity index (χ0) is 12.2. The maximum Gasteiger partial charge on any atom is 0.240 e. The van der Waals surface area contributed by atoms with Crippen molar-refractivity contribution in [3.63, 3.8) is 0 Å². The van der Waals surface area contributed by atoms with Crippen LogP contribution >= 0.6 is 0 Å². The number of rotatable bonds is 3. The number of carbonyl (C=O) groups excluding carboxylic acids is 1. The van der Waals surface area contributed by atoms with Gasteiger partial charge in [-0.05, 0) is 33.7 Å². The summed E-state index contributed by atoms with van der Waals surface area (Å²) in [6.45, 7) is 3.68. The highest BCUT2D eigenvalue weighted by Gasteiger charge is 2.30. The molecule has 16 heavy (non-hydrogen) atoms. The number of nitrogens with one attached hydrogen (secondary N) is 2. The van der Waals surface area contributed by atoms with Crippen LogP contribution in [0, 0.1) is 0 Å². The van der Waals surface area contributed by atoms with Gasteiger partial charge in [0.15, 0.2) is 0 Å². The zero-order valence-electron chi connectivity index (χ0n) is 10.5. The van der Waals surface area contributed by atoms with E-state index in [0.717, 1.165) is 32.1 Å². The molecule has 0 bridgehead atoms. The van der Waals surface area contributed by atoms with Gasteiger partial charge in [-0.1, -0.05) is 19.3 Å². The SMILES string of the molecule is CNC(C)(C)C(=O)NC1CCCCCC1O. The second-order valence-electron chi connectivity index (χ2n) is 5.16. The van der Waals surface area contributed by atoms with Crippen LogP contribution in [-0.2, 0) is 4.79 Å². The van der Waals surface area contributed by atoms with Gasteiger partial charge in [-0.3, -0.25) is 4.79 Å². The molecule has 0 aromatic rings. The van der Waals surface area contributed by atoms with Crippen molar-refractivity contribution in [3.8, 4) is 0 Å². The average Bonchev–Trinajstić information content (AvgIpc) is 2.44. The molecule has 1 aliphatic rings. The summed E-state index contributed by atoms with van der Waals surface area (Å²) in [5.41, 5.74) is -0.577. The molecule has 94 valence electrons. The first-order chi connectivity index (χ1) is 7.47. The van der Waals surface area contributed by atoms with Crippen molar-refractivity contribution in [2.24, 2.45) is 0 Å². The maximum atomic E-state index is 11.9. The molecule has 1 amide bonds. The van der Waals surface area contributed by atoms with Crippen LogP contribution in [0.3, 0.4) is 0 Å². The minimum absolute atomic E-state index is 0.0408. The van der Waals surface area contributed by atoms with Gasteiger partial charge in [-0.25, -0.2) is 0 Å². The van der Waals surface area contributed by atoms with Crippen LogP contribution in [0.5, 0.6) is 0 Å². The molecule has 1 rings (SSSR count). The minimum Gasteiger partial charge on any atom is -0.391 e. The van der Waals surface area contributed by atoms with Crippen LogP contribution in [-0.4, -0.2) is 35.7 Å². The Balaban J connectivity index is 2.54. The summed E-state index contributed by atoms with van der Waals surface area (Å²) in [5.74, 6) is -0.0408. The number of aliphatic hydroxyl groups excluding tert-OH is 1. The molecule has 1 saturated carbocycles. The predicted molar refractivity (Wildman–Crippen MR) is 64.2 cm³/mol. The molecule has 0 heterocycles. The van der Waals surface area contributed by atoms with Crippen LogP contribution in [0.1, 0.15) is 46.0 Å². The molecule has 0 saturated heterocycles. The first-order valence-corrected chi connectivity index (χ1v) is 6.15. The molecule has 4 heteroatoms. The normalized spacial score (nSPS) is 27.2. The highest BCUT2D eigenvalue weighted by Crippen LogP contribution is 2.18. The van der Waals surface area contributed by atoms with E-state index in [1.807, 2.05) is 13.8 Å². The Kier molecular flexibility index (Phi) is 4.74. The summed E-state index contributed by atoms with van der Waals surface area (Å²) in [6, 6.07) is -0.0809. The second kappa shape index (κ2) is 5.64. The fourth-order valence-electron chi connectivity index (χ4n) is 1.92. The Morgan fingerprint density at radius 1 is 1.25 bits per heavy atom. The van der Waals surface area contributed by atoms with Gasteiger partial charge in [-0.15, -0.1) is 0 Å². The van der Waals surface area contributed by atoms with E-state index in [-0.39, 0.29) is 18.1 Å². The van der Waals surface area contributed by atoms with Crippen molar-refractivity contribution in [2.75, 3.05) is 7.05 Å². The smallest absolute Gasteiger partial charge is 0.240 e. The molecular formula is C12H24N2O2. The van der Waals surface area contributed by atoms with Crippen molar-refractivity contribution in [3.05, 3.63) is 0 Å². The van der Waals surface area contributed by atoms with Crippen LogP contribution in [0.15, 0.2) is 0 Å². The highest BCUT2D eigenvalue weighted by atomic mass is 16.3. The Morgan fingerprint density at radius 2 is 1.88 bits per heavy atom. The number of amides is 1. The predicted octanol–water partition coefficient (Wildman–Crippen LogP) is 0.794. The van der Waals surface area contributed by atoms with Crippen LogP contribution < -0.4 is 10.6 Å². The van der Waals surface area contributed by atoms with Crippen LogP contribution in [0.4, 0.5) is 0 Å². The third-order valence-electron chi connectivity index (χ3n) is 3.49. The zero-order valence-corrected chi connectivity index (χ0v) is 10.5. The molecule has 0 aliphatic heterocycles. The number of hydrogen-bond donors (Lipinski definition) is 3. The van der Waals surface area contributed by atoms with Gasteiger partial charge in [0.1, 0.15) is 0 Å². The van der Waals surface area contributed by atoms with E-state index in [1.54, 1.807) is 7.05 Å². The van der Waals surface area contributed by atoms with E-state index in [1.165, 1.54) is 0 Å². The van der Waals surface area contributed by atoms with E-state index in [2.05, 4.69) is 10.6 Å². The first-order valence-electron chi connectivity index (χ1n) is 6.15. The monoisotopic (exact) mass is 228 g/mol. The first kappa shape index (κ1) is 13.5. The summed E-state index contributed by atoms with van der Waals surface area (Å²) < 4.78 is 0. The summed E-state index contributed by atoms with van der Waals surface area (Å²) in [5, 5.41) is 15.8. The molecule has 4 nitrogen and oxygen atoms in total. The number of hydrogen-bond acceptors (Lipinski definition) is 3. The van der Waals surface area contributed by atoms with Crippen molar-refractivity contribution >= 4 is 5.91 Å². The van der Waals surface area contributed by atoms with Crippen LogP contribution in [0.25, 0.3) is 0 Å². The van der Waals surface area contributed by atoms with E-state index < -0.39 is 5.54 Å². The average molecular weight is 228 g/mol. The lowest BCUT2D eigenvalue weighted by atomic mass is 10.0. The van der Waals surface area contributed by atoms with E-state index in [0.29, 0.717) is 0 Å². The summed E-state index contributed by atoms with van der Waals surface area (Å²) >= 11 is 0. The van der Waals surface area contributed by atoms with Gasteiger partial charge in [0.2, 0.25) is 5.91 Å². The van der Waals surface area contributed by atoms with Crippen molar-refractivity contribution < 1.29 is 9.90 Å². The van der Waals surface area contributed by atoms with E-state index in [4.69, 9.17) is 0 Å². The van der Waals surface area contributed by atoms with Gasteiger partial charge in [-0.2, -0.15) is 0 Å². The lowest BCUT2D eigenvalue weighted by Crippen LogP contribution is -2.55. The third-order valence-corrected chi connectivity index (χ3v) is 3.49. The lowest BCUT2D eigenvalue weighted by Gasteiger charge is -2.28. The highest BCUT2D eigenvalue weighted by molar-refractivity contribution is 5.85. The molecule has 2 unspecified atom stereocenters. The molecule has 0 aromatic carbocycles. The summed E-state index contributed by atoms with van der Waals surface area (Å²) in [6.07, 6.45) is 4.58. The number of likely N-dealkylation sites (N-methyl/N-ethyl adjacent to an activating group) is 1. The largest absolute Gasteiger partial charge is 0.391 e. The molecule has 1 aliphatic carbocycles. The van der Waals surface area contributed by atoms with Crippen LogP contribution in [0.2, 0.25) is 0 Å². The Bertz CT molecular complexity index is 241. The van der Waals surface area contributed by atoms with Crippen molar-refractivity contribution in [1.29, 1.82) is 0 Å². The minimum atomic E-state index is -0.577. The summed E-state index contributed by atoms with van der Waals surface area (Å²) in [7, 11) is 1.77. The third kappa shape index (κ3) is 3.46.